The number of aliphatic imine (C=N–C) groups is 1. The van der Waals surface area contributed by atoms with Gasteiger partial charge in [-0.05, 0) is 43.2 Å². The Kier molecular flexibility index (Phi) is 8.43. The van der Waals surface area contributed by atoms with Gasteiger partial charge >= 0.3 is 0 Å². The third-order valence-electron chi connectivity index (χ3n) is 3.91. The summed E-state index contributed by atoms with van der Waals surface area (Å²) in [4.78, 5) is 4.50. The molecule has 0 atom stereocenters. The van der Waals surface area contributed by atoms with E-state index in [0.29, 0.717) is 6.54 Å². The van der Waals surface area contributed by atoms with Crippen molar-refractivity contribution in [2.24, 2.45) is 4.99 Å². The molecule has 0 radical (unpaired) electrons. The molecule has 144 valence electrons. The van der Waals surface area contributed by atoms with Gasteiger partial charge in [0, 0.05) is 25.7 Å². The molecule has 0 fully saturated rings. The van der Waals surface area contributed by atoms with Crippen LogP contribution in [0.5, 0.6) is 0 Å². The molecule has 0 spiro atoms. The number of pyridine rings is 1. The van der Waals surface area contributed by atoms with Crippen LogP contribution in [0.2, 0.25) is 0 Å². The predicted octanol–water partition coefficient (Wildman–Crippen LogP) is 3.17. The molecule has 0 saturated heterocycles. The van der Waals surface area contributed by atoms with Crippen molar-refractivity contribution >= 4 is 35.6 Å². The Morgan fingerprint density at radius 3 is 2.85 bits per heavy atom. The van der Waals surface area contributed by atoms with Gasteiger partial charge in [-0.15, -0.1) is 34.2 Å². The third-order valence-corrected chi connectivity index (χ3v) is 3.91. The number of benzene rings is 1. The van der Waals surface area contributed by atoms with Gasteiger partial charge in [-0.3, -0.25) is 4.40 Å². The molecule has 0 bridgehead atoms. The van der Waals surface area contributed by atoms with Crippen LogP contribution in [0.4, 0.5) is 4.39 Å². The minimum atomic E-state index is -0.240. The Morgan fingerprint density at radius 2 is 2.04 bits per heavy atom. The van der Waals surface area contributed by atoms with Gasteiger partial charge in [0.05, 0.1) is 6.54 Å². The van der Waals surface area contributed by atoms with E-state index in [1.165, 1.54) is 12.1 Å². The number of hydrogen-bond acceptors (Lipinski definition) is 3. The van der Waals surface area contributed by atoms with Crippen LogP contribution in [0.1, 0.15) is 24.7 Å². The smallest absolute Gasteiger partial charge is 0.191 e. The molecular formula is C19H24FIN6. The van der Waals surface area contributed by atoms with Crippen molar-refractivity contribution in [3.8, 4) is 0 Å². The van der Waals surface area contributed by atoms with Crippen LogP contribution in [0.15, 0.2) is 53.7 Å². The van der Waals surface area contributed by atoms with E-state index in [1.54, 1.807) is 6.07 Å². The van der Waals surface area contributed by atoms with Crippen LogP contribution in [0, 0.1) is 5.82 Å². The fraction of sp³-hybridized carbons (Fsp3) is 0.316. The minimum Gasteiger partial charge on any atom is -0.357 e. The van der Waals surface area contributed by atoms with Gasteiger partial charge in [0.25, 0.3) is 0 Å². The molecule has 0 aliphatic rings. The molecule has 27 heavy (non-hydrogen) atoms. The molecule has 6 nitrogen and oxygen atoms in total. The maximum atomic E-state index is 13.2. The molecule has 0 saturated carbocycles. The highest BCUT2D eigenvalue weighted by Gasteiger charge is 2.04. The quantitative estimate of drug-likeness (QED) is 0.235. The van der Waals surface area contributed by atoms with E-state index in [9.17, 15) is 4.39 Å². The molecule has 2 heterocycles. The zero-order valence-corrected chi connectivity index (χ0v) is 17.6. The van der Waals surface area contributed by atoms with Gasteiger partial charge in [-0.25, -0.2) is 9.38 Å². The number of halogens is 2. The lowest BCUT2D eigenvalue weighted by Gasteiger charge is -2.11. The third kappa shape index (κ3) is 6.16. The summed E-state index contributed by atoms with van der Waals surface area (Å²) in [6.07, 6.45) is 3.70. The number of rotatable bonds is 7. The van der Waals surface area contributed by atoms with Gasteiger partial charge in [0.1, 0.15) is 11.6 Å². The maximum Gasteiger partial charge on any atom is 0.191 e. The van der Waals surface area contributed by atoms with E-state index in [4.69, 9.17) is 0 Å². The van der Waals surface area contributed by atoms with E-state index in [2.05, 4.69) is 25.8 Å². The average molecular weight is 482 g/mol. The number of nitrogens with one attached hydrogen (secondary N) is 2. The minimum absolute atomic E-state index is 0. The zero-order valence-electron chi connectivity index (χ0n) is 15.2. The molecule has 0 amide bonds. The first-order chi connectivity index (χ1) is 12.8. The molecule has 0 unspecified atom stereocenters. The van der Waals surface area contributed by atoms with Crippen LogP contribution in [0.3, 0.4) is 0 Å². The lowest BCUT2D eigenvalue weighted by Crippen LogP contribution is -2.37. The lowest BCUT2D eigenvalue weighted by atomic mass is 10.2. The standard InChI is InChI=1S/C19H23FN6.HI/c1-2-21-19(23-14-15-7-5-8-16(20)13-15)22-11-6-10-18-25-24-17-9-3-4-12-26(17)18;/h3-5,7-9,12-13H,2,6,10-11,14H2,1H3,(H2,21,22,23);1H. The Hall–Kier alpha value is -2.23. The van der Waals surface area contributed by atoms with Crippen molar-refractivity contribution in [1.29, 1.82) is 0 Å². The Labute approximate surface area is 175 Å². The normalized spacial score (nSPS) is 11.3. The summed E-state index contributed by atoms with van der Waals surface area (Å²) in [5, 5.41) is 14.9. The van der Waals surface area contributed by atoms with Gasteiger partial charge < -0.3 is 10.6 Å². The summed E-state index contributed by atoms with van der Waals surface area (Å²) >= 11 is 0. The summed E-state index contributed by atoms with van der Waals surface area (Å²) in [6.45, 7) is 3.98. The molecule has 0 aliphatic carbocycles. The molecule has 2 N–H and O–H groups in total. The van der Waals surface area contributed by atoms with E-state index in [0.717, 1.165) is 48.9 Å². The molecule has 0 aliphatic heterocycles. The van der Waals surface area contributed by atoms with Gasteiger partial charge in [-0.2, -0.15) is 0 Å². The fourth-order valence-corrected chi connectivity index (χ4v) is 2.66. The van der Waals surface area contributed by atoms with Crippen molar-refractivity contribution in [2.75, 3.05) is 13.1 Å². The molecule has 1 aromatic carbocycles. The number of aromatic nitrogens is 3. The first-order valence-corrected chi connectivity index (χ1v) is 8.81. The van der Waals surface area contributed by atoms with Crippen molar-refractivity contribution in [3.05, 3.63) is 65.9 Å². The monoisotopic (exact) mass is 482 g/mol. The largest absolute Gasteiger partial charge is 0.357 e. The van der Waals surface area contributed by atoms with Crippen LogP contribution in [-0.4, -0.2) is 33.6 Å². The fourth-order valence-electron chi connectivity index (χ4n) is 2.66. The van der Waals surface area contributed by atoms with Crippen LogP contribution in [0.25, 0.3) is 5.65 Å². The number of fused-ring (bicyclic) bond motifs is 1. The summed E-state index contributed by atoms with van der Waals surface area (Å²) in [5.41, 5.74) is 1.71. The van der Waals surface area contributed by atoms with Gasteiger partial charge in [-0.1, -0.05) is 18.2 Å². The highest BCUT2D eigenvalue weighted by Crippen LogP contribution is 2.06. The lowest BCUT2D eigenvalue weighted by molar-refractivity contribution is 0.625. The van der Waals surface area contributed by atoms with Gasteiger partial charge in [0.2, 0.25) is 0 Å². The van der Waals surface area contributed by atoms with E-state index in [1.807, 2.05) is 41.8 Å². The number of aryl methyl sites for hydroxylation is 1. The van der Waals surface area contributed by atoms with Crippen LogP contribution in [-0.2, 0) is 13.0 Å². The van der Waals surface area contributed by atoms with Crippen molar-refractivity contribution in [2.45, 2.75) is 26.3 Å². The van der Waals surface area contributed by atoms with E-state index < -0.39 is 0 Å². The summed E-state index contributed by atoms with van der Waals surface area (Å²) in [7, 11) is 0. The number of nitrogens with zero attached hydrogens (tertiary/aromatic N) is 4. The SMILES string of the molecule is CCNC(=NCc1cccc(F)c1)NCCCc1nnc2ccccn12.I. The van der Waals surface area contributed by atoms with E-state index in [-0.39, 0.29) is 29.8 Å². The van der Waals surface area contributed by atoms with Crippen LogP contribution >= 0.6 is 24.0 Å². The first-order valence-electron chi connectivity index (χ1n) is 8.81. The van der Waals surface area contributed by atoms with Crippen molar-refractivity contribution in [3.63, 3.8) is 0 Å². The Balaban J connectivity index is 0.00000261. The van der Waals surface area contributed by atoms with Crippen molar-refractivity contribution in [1.82, 2.24) is 25.2 Å². The second-order valence-corrected chi connectivity index (χ2v) is 5.90. The Bertz CT molecular complexity index is 879. The summed E-state index contributed by atoms with van der Waals surface area (Å²) in [5.74, 6) is 1.43. The second kappa shape index (κ2) is 10.8. The zero-order chi connectivity index (χ0) is 18.2. The molecule has 8 heteroatoms. The Morgan fingerprint density at radius 1 is 1.15 bits per heavy atom. The number of guanidine groups is 1. The molecule has 3 rings (SSSR count). The van der Waals surface area contributed by atoms with Crippen molar-refractivity contribution < 1.29 is 4.39 Å². The first kappa shape index (κ1) is 21.1. The predicted molar refractivity (Wildman–Crippen MR) is 116 cm³/mol. The topological polar surface area (TPSA) is 66.6 Å². The highest BCUT2D eigenvalue weighted by atomic mass is 127. The average Bonchev–Trinajstić information content (AvgIpc) is 3.06. The molecule has 2 aromatic heterocycles. The summed E-state index contributed by atoms with van der Waals surface area (Å²) < 4.78 is 15.2. The molecular weight excluding hydrogens is 458 g/mol. The maximum absolute atomic E-state index is 13.2. The number of hydrogen-bond donors (Lipinski definition) is 2. The van der Waals surface area contributed by atoms with Gasteiger partial charge in [0.15, 0.2) is 11.6 Å². The molecule has 3 aromatic rings. The van der Waals surface area contributed by atoms with Crippen LogP contribution < -0.4 is 10.6 Å². The highest BCUT2D eigenvalue weighted by molar-refractivity contribution is 14.0. The summed E-state index contributed by atoms with van der Waals surface area (Å²) in [6, 6.07) is 12.4. The van der Waals surface area contributed by atoms with E-state index >= 15 is 0 Å². The second-order valence-electron chi connectivity index (χ2n) is 5.90.